The van der Waals surface area contributed by atoms with Crippen molar-refractivity contribution >= 4 is 29.1 Å². The smallest absolute Gasteiger partial charge is 0.228 e. The van der Waals surface area contributed by atoms with Crippen molar-refractivity contribution in [2.75, 3.05) is 20.1 Å². The molecular formula is C17H17Cl2N3O2. The summed E-state index contributed by atoms with van der Waals surface area (Å²) in [5.74, 6) is -0.0805. The number of carbonyl (C=O) groups excluding carboxylic acids is 1. The van der Waals surface area contributed by atoms with Gasteiger partial charge in [0.2, 0.25) is 5.91 Å². The number of carbonyl (C=O) groups is 1. The number of rotatable bonds is 4. The molecule has 0 bridgehead atoms. The maximum Gasteiger partial charge on any atom is 0.228 e. The quantitative estimate of drug-likeness (QED) is 0.874. The van der Waals surface area contributed by atoms with Crippen LogP contribution in [-0.4, -0.2) is 41.0 Å². The second-order valence-corrected chi connectivity index (χ2v) is 6.57. The summed E-state index contributed by atoms with van der Waals surface area (Å²) in [6.45, 7) is 1.31. The van der Waals surface area contributed by atoms with Crippen molar-refractivity contribution in [3.05, 3.63) is 57.8 Å². The third kappa shape index (κ3) is 3.07. The first-order valence-electron chi connectivity index (χ1n) is 7.55. The van der Waals surface area contributed by atoms with E-state index in [0.29, 0.717) is 23.7 Å². The fraction of sp³-hybridized carbons (Fsp3) is 0.294. The molecule has 0 spiro atoms. The van der Waals surface area contributed by atoms with Crippen LogP contribution in [0.4, 0.5) is 0 Å². The second-order valence-electron chi connectivity index (χ2n) is 5.78. The van der Waals surface area contributed by atoms with Crippen LogP contribution < -0.4 is 5.32 Å². The molecule has 24 heavy (non-hydrogen) atoms. The maximum absolute atomic E-state index is 12.7. The van der Waals surface area contributed by atoms with Crippen molar-refractivity contribution in [2.24, 2.45) is 5.92 Å². The summed E-state index contributed by atoms with van der Waals surface area (Å²) in [4.78, 5) is 18.4. The third-order valence-electron chi connectivity index (χ3n) is 4.27. The number of hydrogen-bond acceptors (Lipinski definition) is 4. The van der Waals surface area contributed by atoms with Crippen LogP contribution in [0.25, 0.3) is 0 Å². The van der Waals surface area contributed by atoms with Crippen LogP contribution >= 0.6 is 23.2 Å². The first kappa shape index (κ1) is 17.0. The van der Waals surface area contributed by atoms with Gasteiger partial charge in [-0.15, -0.1) is 0 Å². The molecule has 2 N–H and O–H groups in total. The molecule has 1 amide bonds. The van der Waals surface area contributed by atoms with Gasteiger partial charge in [-0.3, -0.25) is 9.78 Å². The summed E-state index contributed by atoms with van der Waals surface area (Å²) in [5.41, 5.74) is 1.21. The number of phenolic OH excluding ortho intramolecular Hbond substituents is 1. The number of nitrogens with zero attached hydrogens (tertiary/aromatic N) is 2. The molecule has 1 aliphatic rings. The van der Waals surface area contributed by atoms with E-state index in [1.807, 2.05) is 0 Å². The minimum atomic E-state index is -0.549. The van der Waals surface area contributed by atoms with Crippen LogP contribution in [-0.2, 0) is 4.79 Å². The number of aromatic nitrogens is 1. The van der Waals surface area contributed by atoms with E-state index in [-0.39, 0.29) is 22.6 Å². The predicted molar refractivity (Wildman–Crippen MR) is 93.3 cm³/mol. The van der Waals surface area contributed by atoms with Crippen molar-refractivity contribution in [3.63, 3.8) is 0 Å². The molecule has 0 saturated carbocycles. The average Bonchev–Trinajstić information content (AvgIpc) is 2.54. The summed E-state index contributed by atoms with van der Waals surface area (Å²) >= 11 is 12.5. The molecule has 0 radical (unpaired) electrons. The molecular weight excluding hydrogens is 349 g/mol. The van der Waals surface area contributed by atoms with Crippen LogP contribution in [0.1, 0.15) is 17.2 Å². The van der Waals surface area contributed by atoms with E-state index in [4.69, 9.17) is 23.2 Å². The fourth-order valence-corrected chi connectivity index (χ4v) is 3.25. The number of aromatic hydroxyl groups is 1. The Labute approximate surface area is 150 Å². The van der Waals surface area contributed by atoms with Gasteiger partial charge in [0, 0.05) is 38.1 Å². The van der Waals surface area contributed by atoms with E-state index >= 15 is 0 Å². The van der Waals surface area contributed by atoms with Crippen molar-refractivity contribution < 1.29 is 9.90 Å². The van der Waals surface area contributed by atoms with Crippen LogP contribution in [0.3, 0.4) is 0 Å². The zero-order valence-corrected chi connectivity index (χ0v) is 14.6. The molecule has 2 heterocycles. The summed E-state index contributed by atoms with van der Waals surface area (Å²) < 4.78 is 0. The number of phenols is 1. The standard InChI is InChI=1S/C17H17Cl2N3O2/c1-22(17(24)11-8-21-9-11)16(10-4-6-20-7-5-10)14-13(23)3-2-12(18)15(14)19/h2-7,11,16,21,23H,8-9H2,1H3. The molecule has 3 rings (SSSR count). The Morgan fingerprint density at radius 2 is 1.96 bits per heavy atom. The van der Waals surface area contributed by atoms with Gasteiger partial charge in [-0.25, -0.2) is 0 Å². The number of hydrogen-bond donors (Lipinski definition) is 2. The van der Waals surface area contributed by atoms with E-state index in [1.165, 1.54) is 12.1 Å². The predicted octanol–water partition coefficient (Wildman–Crippen LogP) is 2.86. The third-order valence-corrected chi connectivity index (χ3v) is 5.09. The molecule has 1 aromatic heterocycles. The highest BCUT2D eigenvalue weighted by Gasteiger charge is 2.34. The Hall–Kier alpha value is -1.82. The van der Waals surface area contributed by atoms with Gasteiger partial charge in [0.25, 0.3) is 0 Å². The van der Waals surface area contributed by atoms with Crippen molar-refractivity contribution in [1.82, 2.24) is 15.2 Å². The molecule has 1 aliphatic heterocycles. The van der Waals surface area contributed by atoms with Crippen molar-refractivity contribution in [1.29, 1.82) is 0 Å². The van der Waals surface area contributed by atoms with E-state index in [2.05, 4.69) is 10.3 Å². The number of benzene rings is 1. The largest absolute Gasteiger partial charge is 0.508 e. The fourth-order valence-electron chi connectivity index (χ4n) is 2.82. The number of pyridine rings is 1. The summed E-state index contributed by atoms with van der Waals surface area (Å²) in [6.07, 6.45) is 3.28. The van der Waals surface area contributed by atoms with Crippen molar-refractivity contribution in [3.8, 4) is 5.75 Å². The molecule has 1 atom stereocenters. The Kier molecular flexibility index (Phi) is 4.94. The van der Waals surface area contributed by atoms with Crippen LogP contribution in [0.5, 0.6) is 5.75 Å². The van der Waals surface area contributed by atoms with Crippen LogP contribution in [0.15, 0.2) is 36.7 Å². The number of amides is 1. The Morgan fingerprint density at radius 1 is 1.29 bits per heavy atom. The van der Waals surface area contributed by atoms with E-state index in [9.17, 15) is 9.90 Å². The highest BCUT2D eigenvalue weighted by Crippen LogP contribution is 2.42. The van der Waals surface area contributed by atoms with Crippen molar-refractivity contribution in [2.45, 2.75) is 6.04 Å². The Bertz CT molecular complexity index is 751. The topological polar surface area (TPSA) is 65.5 Å². The van der Waals surface area contributed by atoms with Gasteiger partial charge in [-0.2, -0.15) is 0 Å². The normalized spacial score (nSPS) is 15.6. The first-order valence-corrected chi connectivity index (χ1v) is 8.30. The van der Waals surface area contributed by atoms with Crippen LogP contribution in [0.2, 0.25) is 10.0 Å². The summed E-state index contributed by atoms with van der Waals surface area (Å²) in [5, 5.41) is 14.0. The molecule has 126 valence electrons. The second kappa shape index (κ2) is 6.97. The molecule has 7 heteroatoms. The van der Waals surface area contributed by atoms with Crippen LogP contribution in [0, 0.1) is 5.92 Å². The van der Waals surface area contributed by atoms with E-state index in [0.717, 1.165) is 5.56 Å². The minimum Gasteiger partial charge on any atom is -0.508 e. The first-order chi connectivity index (χ1) is 11.5. The monoisotopic (exact) mass is 365 g/mol. The molecule has 2 aromatic rings. The highest BCUT2D eigenvalue weighted by atomic mass is 35.5. The van der Waals surface area contributed by atoms with E-state index < -0.39 is 6.04 Å². The van der Waals surface area contributed by atoms with Gasteiger partial charge in [0.1, 0.15) is 5.75 Å². The van der Waals surface area contributed by atoms with Gasteiger partial charge in [0.15, 0.2) is 0 Å². The lowest BCUT2D eigenvalue weighted by Gasteiger charge is -2.36. The lowest BCUT2D eigenvalue weighted by Crippen LogP contribution is -2.51. The SMILES string of the molecule is CN(C(=O)C1CNC1)C(c1ccncc1)c1c(O)ccc(Cl)c1Cl. The maximum atomic E-state index is 12.7. The minimum absolute atomic E-state index is 0.00223. The molecule has 0 aliphatic carbocycles. The molecule has 5 nitrogen and oxygen atoms in total. The Morgan fingerprint density at radius 3 is 2.54 bits per heavy atom. The highest BCUT2D eigenvalue weighted by molar-refractivity contribution is 6.42. The molecule has 1 unspecified atom stereocenters. The zero-order chi connectivity index (χ0) is 17.3. The lowest BCUT2D eigenvalue weighted by molar-refractivity contribution is -0.137. The summed E-state index contributed by atoms with van der Waals surface area (Å²) in [7, 11) is 1.71. The van der Waals surface area contributed by atoms with Gasteiger partial charge < -0.3 is 15.3 Å². The molecule has 1 saturated heterocycles. The lowest BCUT2D eigenvalue weighted by atomic mass is 9.94. The summed E-state index contributed by atoms with van der Waals surface area (Å²) in [6, 6.07) is 6.06. The van der Waals surface area contributed by atoms with Gasteiger partial charge >= 0.3 is 0 Å². The van der Waals surface area contributed by atoms with E-state index in [1.54, 1.807) is 36.5 Å². The van der Waals surface area contributed by atoms with Gasteiger partial charge in [-0.05, 0) is 29.8 Å². The average molecular weight is 366 g/mol. The Balaban J connectivity index is 2.09. The van der Waals surface area contributed by atoms with Gasteiger partial charge in [-0.1, -0.05) is 23.2 Å². The molecule has 1 fully saturated rings. The molecule has 1 aromatic carbocycles. The number of halogens is 2. The van der Waals surface area contributed by atoms with Gasteiger partial charge in [0.05, 0.1) is 22.0 Å². The zero-order valence-electron chi connectivity index (χ0n) is 13.0. The number of nitrogens with one attached hydrogen (secondary N) is 1.